The Morgan fingerprint density at radius 3 is 2.95 bits per heavy atom. The molecule has 0 saturated carbocycles. The molecule has 0 amide bonds. The number of nitrogens with one attached hydrogen (secondary N) is 2. The molecule has 3 heterocycles. The monoisotopic (exact) mass is 325 g/mol. The Morgan fingerprint density at radius 2 is 2.27 bits per heavy atom. The van der Waals surface area contributed by atoms with Crippen molar-refractivity contribution in [1.29, 1.82) is 0 Å². The lowest BCUT2D eigenvalue weighted by atomic mass is 10.4. The van der Waals surface area contributed by atoms with Crippen molar-refractivity contribution in [2.45, 2.75) is 6.54 Å². The number of imidazole rings is 1. The van der Waals surface area contributed by atoms with Gasteiger partial charge in [-0.25, -0.2) is 4.98 Å². The van der Waals surface area contributed by atoms with Gasteiger partial charge < -0.3 is 24.0 Å². The Kier molecular flexibility index (Phi) is 3.33. The molecule has 10 nitrogen and oxygen atoms in total. The van der Waals surface area contributed by atoms with Crippen molar-refractivity contribution in [1.82, 2.24) is 19.9 Å². The van der Waals surface area contributed by atoms with Crippen LogP contribution in [0.25, 0.3) is 11.2 Å². The normalized spacial score (nSPS) is 11.7. The topological polar surface area (TPSA) is 143 Å². The van der Waals surface area contributed by atoms with E-state index in [0.717, 1.165) is 6.26 Å². The van der Waals surface area contributed by atoms with Crippen LogP contribution in [0.1, 0.15) is 5.76 Å². The van der Waals surface area contributed by atoms with Crippen LogP contribution in [-0.2, 0) is 16.7 Å². The lowest BCUT2D eigenvalue weighted by Crippen LogP contribution is -2.10. The van der Waals surface area contributed by atoms with Gasteiger partial charge in [-0.1, -0.05) is 0 Å². The summed E-state index contributed by atoms with van der Waals surface area (Å²) >= 11 is 0. The second kappa shape index (κ2) is 5.18. The summed E-state index contributed by atoms with van der Waals surface area (Å²) in [7, 11) is -3.76. The first kappa shape index (κ1) is 14.1. The maximum absolute atomic E-state index is 11.2. The number of H-pyrrole nitrogens is 1. The molecule has 3 N–H and O–H groups in total. The molecule has 0 aliphatic rings. The van der Waals surface area contributed by atoms with Gasteiger partial charge in [0.2, 0.25) is 0 Å². The van der Waals surface area contributed by atoms with Crippen molar-refractivity contribution in [3.8, 4) is 11.8 Å². The molecule has 3 rings (SSSR count). The number of hydrogen-bond donors (Lipinski definition) is 3. The summed E-state index contributed by atoms with van der Waals surface area (Å²) in [6.45, 7) is 0.127. The van der Waals surface area contributed by atoms with E-state index < -0.39 is 10.1 Å². The van der Waals surface area contributed by atoms with E-state index in [2.05, 4.69) is 29.4 Å². The quantitative estimate of drug-likeness (QED) is 0.574. The van der Waals surface area contributed by atoms with Crippen LogP contribution in [0, 0.1) is 0 Å². The van der Waals surface area contributed by atoms with Gasteiger partial charge in [0.05, 0.1) is 25.4 Å². The van der Waals surface area contributed by atoms with E-state index in [9.17, 15) is 13.5 Å². The van der Waals surface area contributed by atoms with E-state index in [-0.39, 0.29) is 29.8 Å². The van der Waals surface area contributed by atoms with Crippen molar-refractivity contribution in [3.05, 3.63) is 24.4 Å². The molecule has 116 valence electrons. The Morgan fingerprint density at radius 1 is 1.45 bits per heavy atom. The SMILES string of the molecule is CS(=O)(=O)Oc1nc(NCc2occc2O)c2[nH]cnc2n1. The van der Waals surface area contributed by atoms with Gasteiger partial charge in [-0.05, 0) is 0 Å². The number of aromatic hydroxyl groups is 1. The highest BCUT2D eigenvalue weighted by molar-refractivity contribution is 7.86. The highest BCUT2D eigenvalue weighted by Gasteiger charge is 2.15. The summed E-state index contributed by atoms with van der Waals surface area (Å²) in [5.41, 5.74) is 0.701. The predicted molar refractivity (Wildman–Crippen MR) is 74.9 cm³/mol. The standard InChI is InChI=1S/C11H11N5O5S/c1-22(18,19)21-11-15-9(8-10(16-11)14-5-13-8)12-4-7-6(17)2-3-20-7/h2-3,5,17H,4H2,1H3,(H2,12,13,14,15,16). The zero-order chi connectivity index (χ0) is 15.7. The largest absolute Gasteiger partial charge is 0.504 e. The van der Waals surface area contributed by atoms with Crippen molar-refractivity contribution in [2.24, 2.45) is 0 Å². The molecule has 0 aliphatic heterocycles. The van der Waals surface area contributed by atoms with Crippen molar-refractivity contribution >= 4 is 27.1 Å². The van der Waals surface area contributed by atoms with Crippen LogP contribution in [0.3, 0.4) is 0 Å². The van der Waals surface area contributed by atoms with Crippen LogP contribution in [0.5, 0.6) is 11.8 Å². The highest BCUT2D eigenvalue weighted by Crippen LogP contribution is 2.23. The Labute approximate surface area is 124 Å². The van der Waals surface area contributed by atoms with Gasteiger partial charge in [0.25, 0.3) is 0 Å². The van der Waals surface area contributed by atoms with E-state index in [1.807, 2.05) is 0 Å². The molecular weight excluding hydrogens is 314 g/mol. The lowest BCUT2D eigenvalue weighted by Gasteiger charge is -2.07. The third-order valence-corrected chi connectivity index (χ3v) is 3.08. The zero-order valence-corrected chi connectivity index (χ0v) is 12.1. The van der Waals surface area contributed by atoms with E-state index in [1.165, 1.54) is 18.7 Å². The predicted octanol–water partition coefficient (Wildman–Crippen LogP) is 0.602. The number of rotatable bonds is 5. The Balaban J connectivity index is 1.93. The van der Waals surface area contributed by atoms with Crippen LogP contribution in [0.4, 0.5) is 5.82 Å². The van der Waals surface area contributed by atoms with Gasteiger partial charge in [-0.2, -0.15) is 18.4 Å². The molecule has 0 saturated heterocycles. The van der Waals surface area contributed by atoms with Crippen LogP contribution in [0.15, 0.2) is 23.1 Å². The molecule has 11 heteroatoms. The van der Waals surface area contributed by atoms with Crippen molar-refractivity contribution in [3.63, 3.8) is 0 Å². The summed E-state index contributed by atoms with van der Waals surface area (Å²) in [5, 5.41) is 12.4. The number of furan rings is 1. The van der Waals surface area contributed by atoms with Crippen LogP contribution < -0.4 is 9.50 Å². The van der Waals surface area contributed by atoms with E-state index in [1.54, 1.807) is 0 Å². The Hall–Kier alpha value is -2.82. The smallest absolute Gasteiger partial charge is 0.337 e. The molecule has 0 atom stereocenters. The number of hydrogen-bond acceptors (Lipinski definition) is 9. The molecule has 3 aromatic rings. The van der Waals surface area contributed by atoms with Gasteiger partial charge >= 0.3 is 16.1 Å². The number of nitrogens with zero attached hydrogens (tertiary/aromatic N) is 3. The number of aromatic amines is 1. The van der Waals surface area contributed by atoms with Crippen LogP contribution >= 0.6 is 0 Å². The van der Waals surface area contributed by atoms with Crippen LogP contribution in [-0.4, -0.2) is 39.7 Å². The van der Waals surface area contributed by atoms with Crippen molar-refractivity contribution < 1.29 is 22.1 Å². The van der Waals surface area contributed by atoms with E-state index >= 15 is 0 Å². The number of fused-ring (bicyclic) bond motifs is 1. The highest BCUT2D eigenvalue weighted by atomic mass is 32.2. The minimum absolute atomic E-state index is 0.00461. The third kappa shape index (κ3) is 2.93. The van der Waals surface area contributed by atoms with Gasteiger partial charge in [0, 0.05) is 6.07 Å². The molecule has 0 bridgehead atoms. The van der Waals surface area contributed by atoms with E-state index in [4.69, 9.17) is 4.42 Å². The maximum Gasteiger partial charge on any atom is 0.337 e. The molecule has 3 aromatic heterocycles. The third-order valence-electron chi connectivity index (χ3n) is 2.63. The van der Waals surface area contributed by atoms with E-state index in [0.29, 0.717) is 11.3 Å². The summed E-state index contributed by atoms with van der Waals surface area (Å²) in [5.74, 6) is 0.559. The first-order valence-electron chi connectivity index (χ1n) is 6.02. The molecule has 0 radical (unpaired) electrons. The first-order valence-corrected chi connectivity index (χ1v) is 7.84. The second-order valence-electron chi connectivity index (χ2n) is 4.33. The summed E-state index contributed by atoms with van der Waals surface area (Å²) in [6, 6.07) is 1.05. The van der Waals surface area contributed by atoms with Gasteiger partial charge in [0.1, 0.15) is 5.52 Å². The minimum Gasteiger partial charge on any atom is -0.504 e. The zero-order valence-electron chi connectivity index (χ0n) is 11.3. The Bertz CT molecular complexity index is 916. The molecule has 0 aromatic carbocycles. The minimum atomic E-state index is -3.76. The summed E-state index contributed by atoms with van der Waals surface area (Å²) < 4.78 is 32.1. The molecule has 0 unspecified atom stereocenters. The number of anilines is 1. The van der Waals surface area contributed by atoms with Crippen molar-refractivity contribution in [2.75, 3.05) is 11.6 Å². The molecule has 0 aliphatic carbocycles. The lowest BCUT2D eigenvalue weighted by molar-refractivity contribution is 0.435. The second-order valence-corrected chi connectivity index (χ2v) is 5.90. The molecule has 0 spiro atoms. The van der Waals surface area contributed by atoms with Gasteiger partial charge in [0.15, 0.2) is 23.0 Å². The fourth-order valence-electron chi connectivity index (χ4n) is 1.74. The van der Waals surface area contributed by atoms with Gasteiger partial charge in [-0.3, -0.25) is 0 Å². The number of aromatic nitrogens is 4. The first-order chi connectivity index (χ1) is 10.4. The van der Waals surface area contributed by atoms with Crippen LogP contribution in [0.2, 0.25) is 0 Å². The fraction of sp³-hybridized carbons (Fsp3) is 0.182. The molecule has 0 fully saturated rings. The summed E-state index contributed by atoms with van der Waals surface area (Å²) in [4.78, 5) is 14.6. The van der Waals surface area contributed by atoms with Gasteiger partial charge in [-0.15, -0.1) is 0 Å². The summed E-state index contributed by atoms with van der Waals surface area (Å²) in [6.07, 6.45) is 3.62. The molecule has 22 heavy (non-hydrogen) atoms. The fourth-order valence-corrected chi connectivity index (χ4v) is 2.09. The average molecular weight is 325 g/mol. The average Bonchev–Trinajstić information content (AvgIpc) is 3.02. The molecular formula is C11H11N5O5S. The maximum atomic E-state index is 11.2.